The number of hydrogen-bond acceptors (Lipinski definition) is 5. The lowest BCUT2D eigenvalue weighted by molar-refractivity contribution is -0.124. The maximum absolute atomic E-state index is 13.0. The average Bonchev–Trinajstić information content (AvgIpc) is 3.05. The molecule has 2 aromatic carbocycles. The van der Waals surface area contributed by atoms with Gasteiger partial charge in [0, 0.05) is 0 Å². The quantitative estimate of drug-likeness (QED) is 0.596. The number of rotatable bonds is 7. The summed E-state index contributed by atoms with van der Waals surface area (Å²) in [5.74, 6) is -0.572. The minimum absolute atomic E-state index is 0.128. The third-order valence-corrected chi connectivity index (χ3v) is 7.04. The van der Waals surface area contributed by atoms with Gasteiger partial charge in [-0.05, 0) is 43.5 Å². The lowest BCUT2D eigenvalue weighted by atomic mass is 10.0. The maximum Gasteiger partial charge on any atom is 0.241 e. The summed E-state index contributed by atoms with van der Waals surface area (Å²) in [6.07, 6.45) is 0. The predicted octanol–water partition coefficient (Wildman–Crippen LogP) is 3.79. The van der Waals surface area contributed by atoms with Crippen LogP contribution in [0.15, 0.2) is 53.4 Å². The Balaban J connectivity index is 1.80. The third kappa shape index (κ3) is 5.01. The number of carbonyl (C=O) groups excluding carboxylic acids is 1. The van der Waals surface area contributed by atoms with E-state index < -0.39 is 16.1 Å². The number of aromatic nitrogens is 1. The molecule has 29 heavy (non-hydrogen) atoms. The highest BCUT2D eigenvalue weighted by Gasteiger charge is 2.29. The molecule has 3 rings (SSSR count). The summed E-state index contributed by atoms with van der Waals surface area (Å²) >= 11 is 1.44. The molecule has 0 aliphatic carbocycles. The second-order valence-corrected chi connectivity index (χ2v) is 10.3. The number of carbonyl (C=O) groups is 1. The van der Waals surface area contributed by atoms with Gasteiger partial charge in [0.25, 0.3) is 0 Å². The zero-order chi connectivity index (χ0) is 21.2. The van der Waals surface area contributed by atoms with Crippen molar-refractivity contribution < 1.29 is 13.2 Å². The average molecular weight is 432 g/mol. The van der Waals surface area contributed by atoms with Crippen LogP contribution in [-0.4, -0.2) is 25.4 Å². The van der Waals surface area contributed by atoms with Crippen LogP contribution in [0.5, 0.6) is 0 Å². The van der Waals surface area contributed by atoms with Gasteiger partial charge in [-0.15, -0.1) is 11.3 Å². The van der Waals surface area contributed by atoms with Crippen molar-refractivity contribution in [1.82, 2.24) is 15.0 Å². The molecular weight excluding hydrogens is 406 g/mol. The van der Waals surface area contributed by atoms with Gasteiger partial charge < -0.3 is 5.32 Å². The van der Waals surface area contributed by atoms with Crippen LogP contribution in [0.4, 0.5) is 0 Å². The number of thiazole rings is 1. The number of aryl methyl sites for hydroxylation is 1. The van der Waals surface area contributed by atoms with Crippen LogP contribution in [-0.2, 0) is 14.8 Å². The Bertz CT molecular complexity index is 1110. The molecule has 0 spiro atoms. The van der Waals surface area contributed by atoms with E-state index in [1.807, 2.05) is 58.0 Å². The van der Waals surface area contributed by atoms with Gasteiger partial charge in [0.1, 0.15) is 6.04 Å². The molecule has 0 aliphatic heterocycles. The van der Waals surface area contributed by atoms with Gasteiger partial charge in [-0.1, -0.05) is 44.2 Å². The lowest BCUT2D eigenvalue weighted by Crippen LogP contribution is -2.50. The van der Waals surface area contributed by atoms with Gasteiger partial charge in [0.2, 0.25) is 15.9 Å². The number of nitrogens with one attached hydrogen (secondary N) is 2. The maximum atomic E-state index is 13.0. The molecule has 0 saturated carbocycles. The molecule has 3 aromatic rings. The number of nitrogens with zero attached hydrogens (tertiary/aromatic N) is 1. The molecular formula is C21H25N3O3S2. The molecule has 6 nitrogen and oxygen atoms in total. The Morgan fingerprint density at radius 3 is 2.41 bits per heavy atom. The molecule has 1 amide bonds. The number of benzene rings is 2. The van der Waals surface area contributed by atoms with Gasteiger partial charge in [0.15, 0.2) is 0 Å². The number of amides is 1. The van der Waals surface area contributed by atoms with Crippen molar-refractivity contribution in [2.45, 2.75) is 44.7 Å². The van der Waals surface area contributed by atoms with E-state index in [0.29, 0.717) is 0 Å². The standard InChI is InChI=1S/C21H25N3O3S2/c1-13(2)20(21(25)22-14(3)16-8-6-5-7-9-16)24-29(26,27)17-10-11-18-19(12-17)28-15(4)23-18/h5-14,20,24H,1-4H3,(H,22,25)/t14-,20-/m1/s1. The lowest BCUT2D eigenvalue weighted by Gasteiger charge is -2.24. The monoisotopic (exact) mass is 431 g/mol. The van der Waals surface area contributed by atoms with Gasteiger partial charge in [-0.25, -0.2) is 13.4 Å². The molecule has 0 unspecified atom stereocenters. The molecule has 0 bridgehead atoms. The highest BCUT2D eigenvalue weighted by molar-refractivity contribution is 7.89. The Labute approximate surface area is 175 Å². The molecule has 0 radical (unpaired) electrons. The van der Waals surface area contributed by atoms with Crippen LogP contribution in [0, 0.1) is 12.8 Å². The summed E-state index contributed by atoms with van der Waals surface area (Å²) in [5.41, 5.74) is 1.72. The first-order valence-corrected chi connectivity index (χ1v) is 11.7. The Morgan fingerprint density at radius 1 is 1.07 bits per heavy atom. The highest BCUT2D eigenvalue weighted by atomic mass is 32.2. The Kier molecular flexibility index (Phi) is 6.36. The Morgan fingerprint density at radius 2 is 1.76 bits per heavy atom. The smallest absolute Gasteiger partial charge is 0.241 e. The fourth-order valence-corrected chi connectivity index (χ4v) is 5.35. The van der Waals surface area contributed by atoms with E-state index >= 15 is 0 Å². The van der Waals surface area contributed by atoms with Crippen molar-refractivity contribution in [3.8, 4) is 0 Å². The van der Waals surface area contributed by atoms with Gasteiger partial charge in [-0.2, -0.15) is 4.72 Å². The number of hydrogen-bond donors (Lipinski definition) is 2. The van der Waals surface area contributed by atoms with Gasteiger partial charge in [0.05, 0.1) is 26.2 Å². The first kappa shape index (κ1) is 21.4. The SMILES string of the molecule is Cc1nc2ccc(S(=O)(=O)N[C@@H](C(=O)N[C@H](C)c3ccccc3)C(C)C)cc2s1. The molecule has 0 aliphatic rings. The molecule has 0 fully saturated rings. The van der Waals surface area contributed by atoms with E-state index in [1.165, 1.54) is 17.4 Å². The molecule has 2 atom stereocenters. The van der Waals surface area contributed by atoms with Gasteiger partial charge >= 0.3 is 0 Å². The minimum atomic E-state index is -3.86. The summed E-state index contributed by atoms with van der Waals surface area (Å²) < 4.78 is 29.3. The zero-order valence-electron chi connectivity index (χ0n) is 16.8. The topological polar surface area (TPSA) is 88.2 Å². The van der Waals surface area contributed by atoms with E-state index in [1.54, 1.807) is 12.1 Å². The van der Waals surface area contributed by atoms with Crippen molar-refractivity contribution in [2.24, 2.45) is 5.92 Å². The summed E-state index contributed by atoms with van der Waals surface area (Å²) in [6, 6.07) is 13.2. The molecule has 0 saturated heterocycles. The predicted molar refractivity (Wildman–Crippen MR) is 116 cm³/mol. The number of fused-ring (bicyclic) bond motifs is 1. The van der Waals surface area contributed by atoms with E-state index in [2.05, 4.69) is 15.0 Å². The molecule has 154 valence electrons. The highest BCUT2D eigenvalue weighted by Crippen LogP contribution is 2.25. The third-order valence-electron chi connectivity index (χ3n) is 4.67. The fraction of sp³-hybridized carbons (Fsp3) is 0.333. The van der Waals surface area contributed by atoms with Crippen LogP contribution >= 0.6 is 11.3 Å². The zero-order valence-corrected chi connectivity index (χ0v) is 18.5. The van der Waals surface area contributed by atoms with E-state index in [9.17, 15) is 13.2 Å². The van der Waals surface area contributed by atoms with E-state index in [-0.39, 0.29) is 22.8 Å². The number of sulfonamides is 1. The summed E-state index contributed by atoms with van der Waals surface area (Å²) in [4.78, 5) is 17.3. The largest absolute Gasteiger partial charge is 0.348 e. The van der Waals surface area contributed by atoms with Gasteiger partial charge in [-0.3, -0.25) is 4.79 Å². The summed E-state index contributed by atoms with van der Waals surface area (Å²) in [7, 11) is -3.86. The van der Waals surface area contributed by atoms with Crippen LogP contribution in [0.1, 0.15) is 37.4 Å². The molecule has 2 N–H and O–H groups in total. The van der Waals surface area contributed by atoms with Crippen molar-refractivity contribution in [1.29, 1.82) is 0 Å². The van der Waals surface area contributed by atoms with Crippen molar-refractivity contribution in [3.05, 3.63) is 59.1 Å². The van der Waals surface area contributed by atoms with Crippen LogP contribution in [0.3, 0.4) is 0 Å². The molecule has 8 heteroatoms. The van der Waals surface area contributed by atoms with Crippen LogP contribution < -0.4 is 10.0 Å². The minimum Gasteiger partial charge on any atom is -0.348 e. The second kappa shape index (κ2) is 8.61. The molecule has 1 heterocycles. The normalized spacial score (nSPS) is 14.1. The van der Waals surface area contributed by atoms with Crippen LogP contribution in [0.25, 0.3) is 10.2 Å². The first-order chi connectivity index (χ1) is 13.7. The molecule has 1 aromatic heterocycles. The van der Waals surface area contributed by atoms with Crippen molar-refractivity contribution in [2.75, 3.05) is 0 Å². The van der Waals surface area contributed by atoms with E-state index in [4.69, 9.17) is 0 Å². The van der Waals surface area contributed by atoms with E-state index in [0.717, 1.165) is 20.8 Å². The second-order valence-electron chi connectivity index (χ2n) is 7.35. The Hall–Kier alpha value is -2.29. The summed E-state index contributed by atoms with van der Waals surface area (Å²) in [6.45, 7) is 7.38. The first-order valence-electron chi connectivity index (χ1n) is 9.42. The summed E-state index contributed by atoms with van der Waals surface area (Å²) in [5, 5.41) is 3.78. The van der Waals surface area contributed by atoms with Crippen LogP contribution in [0.2, 0.25) is 0 Å². The van der Waals surface area contributed by atoms with Crippen molar-refractivity contribution in [3.63, 3.8) is 0 Å². The van der Waals surface area contributed by atoms with Crippen molar-refractivity contribution >= 4 is 37.5 Å². The fourth-order valence-electron chi connectivity index (χ4n) is 3.04.